The van der Waals surface area contributed by atoms with Crippen LogP contribution in [0, 0.1) is 0 Å². The minimum atomic E-state index is -0.0137. The molecule has 0 radical (unpaired) electrons. The van der Waals surface area contributed by atoms with Gasteiger partial charge in [-0.25, -0.2) is 15.0 Å². The first-order chi connectivity index (χ1) is 15.7. The number of piperidine rings is 1. The van der Waals surface area contributed by atoms with Crippen LogP contribution in [0.15, 0.2) is 55.1 Å². The zero-order valence-electron chi connectivity index (χ0n) is 17.5. The lowest BCUT2D eigenvalue weighted by Gasteiger charge is -2.56. The van der Waals surface area contributed by atoms with Gasteiger partial charge in [0.25, 0.3) is 0 Å². The number of aliphatic hydroxyl groups is 1. The second kappa shape index (κ2) is 7.58. The number of hydrogen-bond donors (Lipinski definition) is 3. The van der Waals surface area contributed by atoms with Gasteiger partial charge in [0.15, 0.2) is 0 Å². The van der Waals surface area contributed by atoms with Crippen molar-refractivity contribution in [3.8, 4) is 17.0 Å². The molecule has 1 aromatic carbocycles. The molecule has 2 atom stereocenters. The van der Waals surface area contributed by atoms with Crippen molar-refractivity contribution in [3.63, 3.8) is 0 Å². The number of nitrogens with one attached hydrogen (secondary N) is 1. The fourth-order valence-corrected chi connectivity index (χ4v) is 5.01. The van der Waals surface area contributed by atoms with Crippen LogP contribution in [0.1, 0.15) is 17.5 Å². The van der Waals surface area contributed by atoms with Gasteiger partial charge < -0.3 is 20.1 Å². The number of nitrogens with zero attached hydrogens (tertiary/aromatic N) is 5. The molecule has 162 valence electrons. The first kappa shape index (κ1) is 19.2. The Hall–Kier alpha value is -3.49. The van der Waals surface area contributed by atoms with Crippen LogP contribution in [0.4, 0.5) is 5.82 Å². The minimum Gasteiger partial charge on any atom is -0.508 e. The number of aromatic nitrogens is 4. The standard InChI is InChI=1S/C24H24N6O2/c31-13-15-1-3-21(32)17(7-15)10-30-18-8-19(30)12-29(11-18)22-4-2-16(9-26-22)23-20-5-6-25-24(20)28-14-27-23/h1-7,9,14,18-19,31-32H,8,10-13H2,(H,25,27,28). The third-order valence-electron chi connectivity index (χ3n) is 6.72. The zero-order valence-corrected chi connectivity index (χ0v) is 17.5. The van der Waals surface area contributed by atoms with Crippen molar-refractivity contribution in [2.45, 2.75) is 31.7 Å². The molecule has 3 aromatic heterocycles. The number of aliphatic hydroxyl groups excluding tert-OH is 1. The van der Waals surface area contributed by atoms with Crippen molar-refractivity contribution >= 4 is 16.9 Å². The summed E-state index contributed by atoms with van der Waals surface area (Å²) >= 11 is 0. The smallest absolute Gasteiger partial charge is 0.141 e. The topological polar surface area (TPSA) is 101 Å². The molecule has 3 N–H and O–H groups in total. The van der Waals surface area contributed by atoms with E-state index in [1.165, 1.54) is 6.42 Å². The Kier molecular flexibility index (Phi) is 4.55. The molecule has 6 heterocycles. The average molecular weight is 428 g/mol. The fourth-order valence-electron chi connectivity index (χ4n) is 5.01. The quantitative estimate of drug-likeness (QED) is 0.449. The number of benzene rings is 1. The van der Waals surface area contributed by atoms with Crippen molar-refractivity contribution in [1.82, 2.24) is 24.8 Å². The van der Waals surface area contributed by atoms with Crippen molar-refractivity contribution in [2.24, 2.45) is 0 Å². The second-order valence-electron chi connectivity index (χ2n) is 8.61. The molecule has 8 nitrogen and oxygen atoms in total. The van der Waals surface area contributed by atoms with Gasteiger partial charge >= 0.3 is 0 Å². The largest absolute Gasteiger partial charge is 0.508 e. The number of aromatic amines is 1. The lowest BCUT2D eigenvalue weighted by Crippen LogP contribution is -2.68. The highest BCUT2D eigenvalue weighted by Crippen LogP contribution is 2.37. The van der Waals surface area contributed by atoms with Crippen LogP contribution in [-0.2, 0) is 13.2 Å². The van der Waals surface area contributed by atoms with Gasteiger partial charge in [-0.05, 0) is 42.3 Å². The van der Waals surface area contributed by atoms with E-state index in [0.717, 1.165) is 52.3 Å². The fraction of sp³-hybridized carbons (Fsp3) is 0.292. The summed E-state index contributed by atoms with van der Waals surface area (Å²) in [6.07, 6.45) is 6.50. The Morgan fingerprint density at radius 3 is 2.69 bits per heavy atom. The summed E-state index contributed by atoms with van der Waals surface area (Å²) in [6.45, 7) is 2.52. The normalized spacial score (nSPS) is 20.5. The molecule has 0 aliphatic carbocycles. The lowest BCUT2D eigenvalue weighted by atomic mass is 9.86. The molecule has 7 rings (SSSR count). The molecule has 3 aliphatic heterocycles. The maximum absolute atomic E-state index is 10.2. The Bertz CT molecular complexity index is 1260. The highest BCUT2D eigenvalue weighted by atomic mass is 16.3. The molecule has 8 heteroatoms. The van der Waals surface area contributed by atoms with Crippen LogP contribution in [0.25, 0.3) is 22.3 Å². The number of rotatable bonds is 5. The molecule has 0 amide bonds. The Morgan fingerprint density at radius 1 is 1.03 bits per heavy atom. The first-order valence-electron chi connectivity index (χ1n) is 10.9. The van der Waals surface area contributed by atoms with Gasteiger partial charge in [-0.3, -0.25) is 4.90 Å². The van der Waals surface area contributed by atoms with Gasteiger partial charge in [-0.2, -0.15) is 0 Å². The number of aromatic hydroxyl groups is 1. The number of fused-ring (bicyclic) bond motifs is 3. The first-order valence-corrected chi connectivity index (χ1v) is 10.9. The summed E-state index contributed by atoms with van der Waals surface area (Å²) in [7, 11) is 0. The van der Waals surface area contributed by atoms with Crippen molar-refractivity contribution in [3.05, 3.63) is 66.2 Å². The lowest BCUT2D eigenvalue weighted by molar-refractivity contribution is -0.00918. The summed E-state index contributed by atoms with van der Waals surface area (Å²) in [5, 5.41) is 20.6. The third-order valence-corrected chi connectivity index (χ3v) is 6.72. The van der Waals surface area contributed by atoms with Crippen LogP contribution in [0.3, 0.4) is 0 Å². The molecule has 3 aliphatic rings. The number of hydrogen-bond acceptors (Lipinski definition) is 7. The SMILES string of the molecule is OCc1ccc(O)c(CN2C3CC2CN(c2ccc(-c4ncnc5[nH]ccc45)cn2)C3)c1. The van der Waals surface area contributed by atoms with E-state index in [2.05, 4.69) is 36.9 Å². The summed E-state index contributed by atoms with van der Waals surface area (Å²) in [4.78, 5) is 21.4. The van der Waals surface area contributed by atoms with E-state index >= 15 is 0 Å². The molecule has 4 aromatic rings. The van der Waals surface area contributed by atoms with Crippen molar-refractivity contribution in [1.29, 1.82) is 0 Å². The Balaban J connectivity index is 1.16. The van der Waals surface area contributed by atoms with Crippen molar-refractivity contribution in [2.75, 3.05) is 18.0 Å². The highest BCUT2D eigenvalue weighted by molar-refractivity contribution is 5.90. The summed E-state index contributed by atoms with van der Waals surface area (Å²) in [5.41, 5.74) is 4.39. The van der Waals surface area contributed by atoms with Crippen LogP contribution >= 0.6 is 0 Å². The number of H-pyrrole nitrogens is 1. The average Bonchev–Trinajstić information content (AvgIpc) is 3.33. The predicted molar refractivity (Wildman–Crippen MR) is 121 cm³/mol. The van der Waals surface area contributed by atoms with Crippen LogP contribution < -0.4 is 4.90 Å². The van der Waals surface area contributed by atoms with Gasteiger partial charge in [0.05, 0.1) is 12.3 Å². The number of phenols is 1. The molecule has 2 unspecified atom stereocenters. The molecular weight excluding hydrogens is 404 g/mol. The van der Waals surface area contributed by atoms with E-state index in [0.29, 0.717) is 24.4 Å². The van der Waals surface area contributed by atoms with Crippen LogP contribution in [-0.4, -0.2) is 60.2 Å². The summed E-state index contributed by atoms with van der Waals surface area (Å²) in [6, 6.07) is 12.3. The van der Waals surface area contributed by atoms with E-state index in [1.807, 2.05) is 24.5 Å². The van der Waals surface area contributed by atoms with Crippen LogP contribution in [0.5, 0.6) is 5.75 Å². The second-order valence-corrected chi connectivity index (χ2v) is 8.61. The van der Waals surface area contributed by atoms with Gasteiger partial charge in [0.2, 0.25) is 0 Å². The summed E-state index contributed by atoms with van der Waals surface area (Å²) in [5.74, 6) is 1.27. The maximum Gasteiger partial charge on any atom is 0.141 e. The molecule has 0 saturated carbocycles. The van der Waals surface area contributed by atoms with E-state index in [1.54, 1.807) is 18.5 Å². The molecule has 0 spiro atoms. The minimum absolute atomic E-state index is 0.0137. The Labute approximate surface area is 185 Å². The van der Waals surface area contributed by atoms with E-state index < -0.39 is 0 Å². The number of anilines is 1. The zero-order chi connectivity index (χ0) is 21.7. The Morgan fingerprint density at radius 2 is 1.91 bits per heavy atom. The van der Waals surface area contributed by atoms with Crippen molar-refractivity contribution < 1.29 is 10.2 Å². The molecule has 2 bridgehead atoms. The van der Waals surface area contributed by atoms with E-state index in [4.69, 9.17) is 4.98 Å². The number of phenolic OH excluding ortho intramolecular Hbond substituents is 1. The molecule has 3 fully saturated rings. The van der Waals surface area contributed by atoms with Gasteiger partial charge in [-0.1, -0.05) is 6.07 Å². The molecule has 3 saturated heterocycles. The highest BCUT2D eigenvalue weighted by Gasteiger charge is 2.44. The van der Waals surface area contributed by atoms with Gasteiger partial charge in [-0.15, -0.1) is 0 Å². The molecule has 32 heavy (non-hydrogen) atoms. The number of piperazine rings is 1. The predicted octanol–water partition coefficient (Wildman–Crippen LogP) is 2.68. The number of pyridine rings is 1. The van der Waals surface area contributed by atoms with Gasteiger partial charge in [0.1, 0.15) is 23.5 Å². The monoisotopic (exact) mass is 428 g/mol. The third kappa shape index (κ3) is 3.19. The van der Waals surface area contributed by atoms with E-state index in [-0.39, 0.29) is 6.61 Å². The summed E-state index contributed by atoms with van der Waals surface area (Å²) < 4.78 is 0. The van der Waals surface area contributed by atoms with Crippen LogP contribution in [0.2, 0.25) is 0 Å². The van der Waals surface area contributed by atoms with Gasteiger partial charge in [0, 0.05) is 60.6 Å². The van der Waals surface area contributed by atoms with E-state index in [9.17, 15) is 10.2 Å². The molecular formula is C24H24N6O2. The maximum atomic E-state index is 10.2.